The molecule has 1 fully saturated rings. The van der Waals surface area contributed by atoms with Crippen molar-refractivity contribution < 1.29 is 27.1 Å². The van der Waals surface area contributed by atoms with E-state index in [0.29, 0.717) is 25.1 Å². The summed E-state index contributed by atoms with van der Waals surface area (Å²) in [4.78, 5) is 43.9. The Morgan fingerprint density at radius 2 is 1.89 bits per heavy atom. The molecule has 204 valence electrons. The maximum Gasteiger partial charge on any atom is 0.280 e. The molecule has 4 heterocycles. The van der Waals surface area contributed by atoms with Crippen LogP contribution >= 0.6 is 0 Å². The second-order valence-corrected chi connectivity index (χ2v) is 11.7. The molecule has 1 aromatic carbocycles. The summed E-state index contributed by atoms with van der Waals surface area (Å²) in [6.07, 6.45) is 0.678. The van der Waals surface area contributed by atoms with E-state index in [-0.39, 0.29) is 60.7 Å². The van der Waals surface area contributed by atoms with Crippen molar-refractivity contribution in [3.63, 3.8) is 0 Å². The quantitative estimate of drug-likeness (QED) is 0.517. The van der Waals surface area contributed by atoms with Crippen LogP contribution in [0, 0.1) is 5.82 Å². The van der Waals surface area contributed by atoms with Crippen LogP contribution in [0.15, 0.2) is 23.0 Å². The first kappa shape index (κ1) is 26.1. The van der Waals surface area contributed by atoms with Gasteiger partial charge in [-0.05, 0) is 39.7 Å². The summed E-state index contributed by atoms with van der Waals surface area (Å²) >= 11 is 0. The number of Topliss-reactive ketones (excluding diaryl/α,β-unsaturated/α-hetero) is 1. The van der Waals surface area contributed by atoms with Gasteiger partial charge in [0.2, 0.25) is 15.8 Å². The molecule has 1 saturated heterocycles. The van der Waals surface area contributed by atoms with E-state index in [1.807, 2.05) is 13.8 Å². The number of nitrogens with zero attached hydrogens (tertiary/aromatic N) is 5. The summed E-state index contributed by atoms with van der Waals surface area (Å²) in [5.74, 6) is -1.70. The zero-order valence-corrected chi connectivity index (χ0v) is 22.3. The molecule has 5 rings (SSSR count). The lowest BCUT2D eigenvalue weighted by molar-refractivity contribution is -0.133. The smallest absolute Gasteiger partial charge is 0.280 e. The molecule has 1 aromatic heterocycles. The van der Waals surface area contributed by atoms with E-state index in [9.17, 15) is 27.2 Å². The van der Waals surface area contributed by atoms with Crippen LogP contribution in [0.3, 0.4) is 0 Å². The fourth-order valence-corrected chi connectivity index (χ4v) is 7.02. The van der Waals surface area contributed by atoms with E-state index >= 15 is 0 Å². The first-order chi connectivity index (χ1) is 18.1. The first-order valence-electron chi connectivity index (χ1n) is 12.8. The Morgan fingerprint density at radius 3 is 2.61 bits per heavy atom. The fraction of sp³-hybridized carbons (Fsp3) is 0.520. The molecular weight excluding hydrogens is 517 g/mol. The number of piperazine rings is 1. The number of carbonyl (C=O) groups excluding carboxylic acids is 2. The summed E-state index contributed by atoms with van der Waals surface area (Å²) in [5.41, 5.74) is -0.480. The van der Waals surface area contributed by atoms with Crippen molar-refractivity contribution in [3.05, 3.63) is 45.5 Å². The van der Waals surface area contributed by atoms with Gasteiger partial charge in [0.15, 0.2) is 11.9 Å². The van der Waals surface area contributed by atoms with Crippen LogP contribution in [-0.4, -0.2) is 78.9 Å². The summed E-state index contributed by atoms with van der Waals surface area (Å²) in [7, 11) is -3.91. The highest BCUT2D eigenvalue weighted by atomic mass is 32.2. The monoisotopic (exact) mass is 547 g/mol. The number of carbonyl (C=O) groups is 2. The van der Waals surface area contributed by atoms with Crippen LogP contribution < -0.4 is 19.5 Å². The maximum absolute atomic E-state index is 14.0. The van der Waals surface area contributed by atoms with Gasteiger partial charge >= 0.3 is 0 Å². The first-order valence-corrected chi connectivity index (χ1v) is 14.4. The number of fused-ring (bicyclic) bond motifs is 7. The van der Waals surface area contributed by atoms with Crippen LogP contribution in [0.5, 0.6) is 5.75 Å². The van der Waals surface area contributed by atoms with E-state index in [1.165, 1.54) is 18.2 Å². The number of hydrogen-bond donors (Lipinski definition) is 0. The summed E-state index contributed by atoms with van der Waals surface area (Å²) < 4.78 is 48.9. The fourth-order valence-electron chi connectivity index (χ4n) is 5.46. The van der Waals surface area contributed by atoms with Crippen LogP contribution in [0.2, 0.25) is 0 Å². The Labute approximate surface area is 219 Å². The predicted octanol–water partition coefficient (Wildman–Crippen LogP) is 1.38. The minimum Gasteiger partial charge on any atom is -0.493 e. The molecule has 11 nitrogen and oxygen atoms in total. The third-order valence-corrected chi connectivity index (χ3v) is 9.20. The zero-order chi connectivity index (χ0) is 27.4. The Bertz CT molecular complexity index is 1480. The lowest BCUT2D eigenvalue weighted by Gasteiger charge is -2.42. The van der Waals surface area contributed by atoms with Gasteiger partial charge in [-0.2, -0.15) is 0 Å². The third-order valence-electron chi connectivity index (χ3n) is 7.29. The normalized spacial score (nSPS) is 23.0. The number of sulfonamides is 1. The molecule has 0 saturated carbocycles. The number of ether oxygens (including phenoxy) is 1. The van der Waals surface area contributed by atoms with Crippen molar-refractivity contribution in [2.45, 2.75) is 52.2 Å². The molecule has 2 bridgehead atoms. The summed E-state index contributed by atoms with van der Waals surface area (Å²) in [6, 6.07) is 2.28. The highest BCUT2D eigenvalue weighted by Gasteiger charge is 2.53. The number of benzene rings is 1. The molecule has 0 spiro atoms. The minimum absolute atomic E-state index is 0.00832. The van der Waals surface area contributed by atoms with Crippen LogP contribution in [0.25, 0.3) is 0 Å². The molecule has 2 aromatic rings. The molecule has 38 heavy (non-hydrogen) atoms. The van der Waals surface area contributed by atoms with Gasteiger partial charge in [-0.3, -0.25) is 18.7 Å². The van der Waals surface area contributed by atoms with Gasteiger partial charge in [-0.25, -0.2) is 17.5 Å². The molecule has 3 aliphatic rings. The van der Waals surface area contributed by atoms with E-state index in [0.717, 1.165) is 8.99 Å². The lowest BCUT2D eigenvalue weighted by Crippen LogP contribution is -2.61. The largest absolute Gasteiger partial charge is 0.493 e. The van der Waals surface area contributed by atoms with Crippen molar-refractivity contribution in [2.24, 2.45) is 0 Å². The molecule has 13 heteroatoms. The molecular formula is C25H30FN5O6S. The van der Waals surface area contributed by atoms with Crippen molar-refractivity contribution in [1.82, 2.24) is 14.7 Å². The van der Waals surface area contributed by atoms with Gasteiger partial charge in [0.25, 0.3) is 11.5 Å². The van der Waals surface area contributed by atoms with Gasteiger partial charge in [0.05, 0.1) is 18.9 Å². The number of amides is 1. The average Bonchev–Trinajstić information content (AvgIpc) is 3.19. The number of halogens is 1. The van der Waals surface area contributed by atoms with E-state index < -0.39 is 39.1 Å². The van der Waals surface area contributed by atoms with Gasteiger partial charge in [0.1, 0.15) is 22.8 Å². The third kappa shape index (κ3) is 4.12. The Kier molecular flexibility index (Phi) is 6.66. The molecule has 2 atom stereocenters. The minimum atomic E-state index is -3.91. The molecule has 1 unspecified atom stereocenters. The summed E-state index contributed by atoms with van der Waals surface area (Å²) in [6.45, 7) is 5.99. The number of rotatable bonds is 2. The average molecular weight is 548 g/mol. The maximum atomic E-state index is 14.0. The van der Waals surface area contributed by atoms with Crippen molar-refractivity contribution in [1.29, 1.82) is 0 Å². The van der Waals surface area contributed by atoms with Gasteiger partial charge < -0.3 is 14.5 Å². The molecule has 0 radical (unpaired) electrons. The van der Waals surface area contributed by atoms with Crippen molar-refractivity contribution in [2.75, 3.05) is 41.2 Å². The zero-order valence-electron chi connectivity index (χ0n) is 21.5. The van der Waals surface area contributed by atoms with Gasteiger partial charge in [-0.1, -0.05) is 6.07 Å². The highest BCUT2D eigenvalue weighted by Crippen LogP contribution is 2.42. The molecule has 3 aliphatic heterocycles. The van der Waals surface area contributed by atoms with Crippen LogP contribution in [0.1, 0.15) is 49.5 Å². The Hall–Kier alpha value is -3.48. The SMILES string of the molecule is CCN1C[C@H](C)N2c3c4nn(c(=O)c3C(=O)C2C1=O)Cc1ccc(F)cc1OCCCCS(=O)(=O)N4CC. The second-order valence-electron chi connectivity index (χ2n) is 9.70. The second kappa shape index (κ2) is 9.68. The number of hydrogen-bond acceptors (Lipinski definition) is 8. The van der Waals surface area contributed by atoms with E-state index in [2.05, 4.69) is 5.10 Å². The van der Waals surface area contributed by atoms with E-state index in [4.69, 9.17) is 4.74 Å². The lowest BCUT2D eigenvalue weighted by atomic mass is 10.0. The van der Waals surface area contributed by atoms with Crippen molar-refractivity contribution in [3.8, 4) is 5.75 Å². The molecule has 0 aliphatic carbocycles. The van der Waals surface area contributed by atoms with Crippen LogP contribution in [-0.2, 0) is 21.4 Å². The topological polar surface area (TPSA) is 122 Å². The molecule has 1 amide bonds. The predicted molar refractivity (Wildman–Crippen MR) is 138 cm³/mol. The Balaban J connectivity index is 1.78. The standard InChI is InChI=1S/C25H30FN5O6S/c1-4-28-13-15(3)31-20-19(22(32)21(31)25(28)34)24(33)29-14-16-8-9-17(26)12-18(16)37-10-6-7-11-38(35,36)30(5-2)23(20)27-29/h8-9,12,15,21H,4-7,10-11,13-14H2,1-3H3/t15-,21?/m0/s1. The highest BCUT2D eigenvalue weighted by molar-refractivity contribution is 7.92. The number of anilines is 2. The van der Waals surface area contributed by atoms with E-state index in [1.54, 1.807) is 16.7 Å². The number of aromatic nitrogens is 2. The summed E-state index contributed by atoms with van der Waals surface area (Å²) in [5, 5.41) is 4.48. The Morgan fingerprint density at radius 1 is 1.13 bits per heavy atom. The van der Waals surface area contributed by atoms with Crippen molar-refractivity contribution >= 4 is 33.2 Å². The molecule has 0 N–H and O–H groups in total. The number of ketones is 1. The van der Waals surface area contributed by atoms with Gasteiger partial charge in [-0.15, -0.1) is 5.10 Å². The van der Waals surface area contributed by atoms with Crippen LogP contribution in [0.4, 0.5) is 15.9 Å². The number of likely N-dealkylation sites (N-methyl/N-ethyl adjacent to an activating group) is 1. The van der Waals surface area contributed by atoms with Gasteiger partial charge in [0, 0.05) is 37.3 Å².